The third-order valence-electron chi connectivity index (χ3n) is 2.57. The van der Waals surface area contributed by atoms with E-state index in [2.05, 4.69) is 27.2 Å². The zero-order valence-electron chi connectivity index (χ0n) is 9.73. The third kappa shape index (κ3) is 1.64. The van der Waals surface area contributed by atoms with Gasteiger partial charge in [0.05, 0.1) is 0 Å². The minimum Gasteiger partial charge on any atom is -0.373 e. The van der Waals surface area contributed by atoms with Crippen LogP contribution >= 0.6 is 0 Å². The fourth-order valence-electron chi connectivity index (χ4n) is 1.75. The molecule has 0 radical (unpaired) electrons. The molecule has 0 unspecified atom stereocenters. The average molecular weight is 217 g/mol. The fraction of sp³-hybridized carbons (Fsp3) is 0.364. The van der Waals surface area contributed by atoms with Crippen LogP contribution < -0.4 is 5.32 Å². The van der Waals surface area contributed by atoms with Gasteiger partial charge < -0.3 is 5.32 Å². The van der Waals surface area contributed by atoms with Gasteiger partial charge in [0.2, 0.25) is 0 Å². The number of rotatable bonds is 3. The molecule has 0 aliphatic carbocycles. The van der Waals surface area contributed by atoms with E-state index in [1.54, 1.807) is 12.5 Å². The molecule has 0 aliphatic heterocycles. The summed E-state index contributed by atoms with van der Waals surface area (Å²) < 4.78 is 1.97. The van der Waals surface area contributed by atoms with E-state index < -0.39 is 0 Å². The van der Waals surface area contributed by atoms with E-state index in [1.165, 1.54) is 0 Å². The number of nitrogens with zero attached hydrogens (tertiary/aromatic N) is 4. The number of nitrogens with one attached hydrogen (secondary N) is 1. The Kier molecular flexibility index (Phi) is 2.85. The lowest BCUT2D eigenvalue weighted by Gasteiger charge is -2.12. The predicted molar refractivity (Wildman–Crippen MR) is 62.8 cm³/mol. The third-order valence-corrected chi connectivity index (χ3v) is 2.57. The topological polar surface area (TPSA) is 55.6 Å². The van der Waals surface area contributed by atoms with Gasteiger partial charge in [0.15, 0.2) is 0 Å². The second kappa shape index (κ2) is 4.30. The monoisotopic (exact) mass is 217 g/mol. The molecule has 0 amide bonds. The summed E-state index contributed by atoms with van der Waals surface area (Å²) in [4.78, 5) is 12.8. The predicted octanol–water partition coefficient (Wildman–Crippen LogP) is 1.57. The van der Waals surface area contributed by atoms with E-state index in [0.717, 1.165) is 29.4 Å². The molecular formula is C11H15N5. The summed E-state index contributed by atoms with van der Waals surface area (Å²) in [5, 5.41) is 3.08. The van der Waals surface area contributed by atoms with Crippen molar-refractivity contribution in [3.8, 4) is 5.82 Å². The number of imidazole rings is 1. The number of aryl methyl sites for hydroxylation is 1. The quantitative estimate of drug-likeness (QED) is 0.848. The molecule has 16 heavy (non-hydrogen) atoms. The summed E-state index contributed by atoms with van der Waals surface area (Å²) in [6.07, 6.45) is 6.13. The number of aromatic nitrogens is 4. The van der Waals surface area contributed by atoms with E-state index in [-0.39, 0.29) is 0 Å². The average Bonchev–Trinajstić information content (AvgIpc) is 2.74. The number of anilines is 1. The van der Waals surface area contributed by atoms with Gasteiger partial charge in [-0.25, -0.2) is 15.0 Å². The molecule has 2 aromatic rings. The lowest BCUT2D eigenvalue weighted by atomic mass is 10.2. The van der Waals surface area contributed by atoms with Gasteiger partial charge in [-0.15, -0.1) is 0 Å². The highest BCUT2D eigenvalue weighted by Crippen LogP contribution is 2.19. The SMILES string of the molecule is CCc1c(NC)ncnc1-n1ccnc1C. The molecule has 5 heteroatoms. The Morgan fingerprint density at radius 2 is 2.12 bits per heavy atom. The summed E-state index contributed by atoms with van der Waals surface area (Å²) in [6, 6.07) is 0. The molecule has 0 aromatic carbocycles. The highest BCUT2D eigenvalue weighted by atomic mass is 15.1. The molecule has 84 valence electrons. The first-order chi connectivity index (χ1) is 7.77. The fourth-order valence-corrected chi connectivity index (χ4v) is 1.75. The Hall–Kier alpha value is -1.91. The summed E-state index contributed by atoms with van der Waals surface area (Å²) >= 11 is 0. The molecule has 0 saturated carbocycles. The summed E-state index contributed by atoms with van der Waals surface area (Å²) in [5.41, 5.74) is 1.10. The van der Waals surface area contributed by atoms with Gasteiger partial charge in [-0.3, -0.25) is 4.57 Å². The maximum atomic E-state index is 4.33. The summed E-state index contributed by atoms with van der Waals surface area (Å²) in [7, 11) is 1.87. The molecule has 0 spiro atoms. The normalized spacial score (nSPS) is 10.4. The molecule has 0 bridgehead atoms. The highest BCUT2D eigenvalue weighted by molar-refractivity contribution is 5.51. The van der Waals surface area contributed by atoms with E-state index in [9.17, 15) is 0 Å². The van der Waals surface area contributed by atoms with Crippen molar-refractivity contribution in [3.63, 3.8) is 0 Å². The zero-order chi connectivity index (χ0) is 11.5. The van der Waals surface area contributed by atoms with E-state index in [0.29, 0.717) is 0 Å². The molecule has 0 saturated heterocycles. The smallest absolute Gasteiger partial charge is 0.146 e. The van der Waals surface area contributed by atoms with Crippen LogP contribution in [0.3, 0.4) is 0 Å². The van der Waals surface area contributed by atoms with Crippen LogP contribution in [0.4, 0.5) is 5.82 Å². The molecule has 1 N–H and O–H groups in total. The summed E-state index contributed by atoms with van der Waals surface area (Å²) in [6.45, 7) is 4.05. The first-order valence-corrected chi connectivity index (χ1v) is 5.29. The van der Waals surface area contributed by atoms with E-state index in [1.807, 2.05) is 24.7 Å². The van der Waals surface area contributed by atoms with Crippen LogP contribution in [0.25, 0.3) is 5.82 Å². The van der Waals surface area contributed by atoms with Crippen molar-refractivity contribution in [3.05, 3.63) is 30.1 Å². The number of hydrogen-bond donors (Lipinski definition) is 1. The first-order valence-electron chi connectivity index (χ1n) is 5.29. The van der Waals surface area contributed by atoms with Crippen LogP contribution in [0.5, 0.6) is 0 Å². The van der Waals surface area contributed by atoms with Crippen LogP contribution in [-0.2, 0) is 6.42 Å². The second-order valence-corrected chi connectivity index (χ2v) is 3.47. The van der Waals surface area contributed by atoms with Crippen molar-refractivity contribution in [2.24, 2.45) is 0 Å². The highest BCUT2D eigenvalue weighted by Gasteiger charge is 2.11. The molecular weight excluding hydrogens is 202 g/mol. The van der Waals surface area contributed by atoms with Crippen molar-refractivity contribution >= 4 is 5.82 Å². The van der Waals surface area contributed by atoms with Gasteiger partial charge in [-0.05, 0) is 13.3 Å². The van der Waals surface area contributed by atoms with Gasteiger partial charge in [0, 0.05) is 25.0 Å². The largest absolute Gasteiger partial charge is 0.373 e. The molecule has 0 atom stereocenters. The summed E-state index contributed by atoms with van der Waals surface area (Å²) in [5.74, 6) is 2.70. The van der Waals surface area contributed by atoms with Gasteiger partial charge in [0.25, 0.3) is 0 Å². The Morgan fingerprint density at radius 3 is 2.69 bits per heavy atom. The lowest BCUT2D eigenvalue weighted by Crippen LogP contribution is -2.08. The zero-order valence-corrected chi connectivity index (χ0v) is 9.73. The van der Waals surface area contributed by atoms with Crippen molar-refractivity contribution in [2.45, 2.75) is 20.3 Å². The van der Waals surface area contributed by atoms with Crippen molar-refractivity contribution in [1.29, 1.82) is 0 Å². The maximum absolute atomic E-state index is 4.33. The number of hydrogen-bond acceptors (Lipinski definition) is 4. The van der Waals surface area contributed by atoms with Gasteiger partial charge in [0.1, 0.15) is 23.8 Å². The van der Waals surface area contributed by atoms with Crippen molar-refractivity contribution < 1.29 is 0 Å². The maximum Gasteiger partial charge on any atom is 0.146 e. The van der Waals surface area contributed by atoms with Crippen LogP contribution in [0, 0.1) is 6.92 Å². The van der Waals surface area contributed by atoms with Crippen LogP contribution in [-0.4, -0.2) is 26.6 Å². The van der Waals surface area contributed by atoms with Crippen molar-refractivity contribution in [1.82, 2.24) is 19.5 Å². The molecule has 2 aromatic heterocycles. The van der Waals surface area contributed by atoms with Crippen LogP contribution in [0.2, 0.25) is 0 Å². The molecule has 2 heterocycles. The molecule has 0 fully saturated rings. The Bertz CT molecular complexity index is 489. The lowest BCUT2D eigenvalue weighted by molar-refractivity contribution is 0.887. The minimum absolute atomic E-state index is 0.876. The molecule has 0 aliphatic rings. The second-order valence-electron chi connectivity index (χ2n) is 3.47. The van der Waals surface area contributed by atoms with Gasteiger partial charge >= 0.3 is 0 Å². The van der Waals surface area contributed by atoms with Gasteiger partial charge in [-0.1, -0.05) is 6.92 Å². The van der Waals surface area contributed by atoms with Crippen molar-refractivity contribution in [2.75, 3.05) is 12.4 Å². The Labute approximate surface area is 94.6 Å². The van der Waals surface area contributed by atoms with E-state index >= 15 is 0 Å². The van der Waals surface area contributed by atoms with E-state index in [4.69, 9.17) is 0 Å². The standard InChI is InChI=1S/C11H15N5/c1-4-9-10(12-3)14-7-15-11(9)16-6-5-13-8(16)2/h5-7H,4H2,1-3H3,(H,12,14,15). The van der Waals surface area contributed by atoms with Crippen LogP contribution in [0.1, 0.15) is 18.3 Å². The molecule has 2 rings (SSSR count). The Balaban J connectivity index is 2.61. The minimum atomic E-state index is 0.876. The molecule has 5 nitrogen and oxygen atoms in total. The Morgan fingerprint density at radius 1 is 1.31 bits per heavy atom. The first kappa shape index (κ1) is 10.6. The van der Waals surface area contributed by atoms with Crippen LogP contribution in [0.15, 0.2) is 18.7 Å². The van der Waals surface area contributed by atoms with Gasteiger partial charge in [-0.2, -0.15) is 0 Å².